The Morgan fingerprint density at radius 2 is 2.00 bits per heavy atom. The first-order valence-corrected chi connectivity index (χ1v) is 7.44. The lowest BCUT2D eigenvalue weighted by Gasteiger charge is -2.27. The average molecular weight is 321 g/mol. The second-order valence-corrected chi connectivity index (χ2v) is 6.05. The highest BCUT2D eigenvalue weighted by Gasteiger charge is 2.19. The molecule has 4 nitrogen and oxygen atoms in total. The molecule has 5 heteroatoms. The summed E-state index contributed by atoms with van der Waals surface area (Å²) in [6.45, 7) is 0. The minimum Gasteiger partial charge on any atom is -0.380 e. The summed E-state index contributed by atoms with van der Waals surface area (Å²) in [6, 6.07) is 4.86. The van der Waals surface area contributed by atoms with Gasteiger partial charge in [0.25, 0.3) is 0 Å². The van der Waals surface area contributed by atoms with Crippen LogP contribution in [0.1, 0.15) is 25.7 Å². The number of hydrogen-bond donors (Lipinski definition) is 2. The van der Waals surface area contributed by atoms with E-state index in [1.165, 1.54) is 0 Å². The highest BCUT2D eigenvalue weighted by Crippen LogP contribution is 2.26. The van der Waals surface area contributed by atoms with E-state index in [9.17, 15) is 0 Å². The number of aromatic nitrogens is 2. The molecular formula is C14H17BrN4. The lowest BCUT2D eigenvalue weighted by Crippen LogP contribution is -2.32. The van der Waals surface area contributed by atoms with Gasteiger partial charge in [0.2, 0.25) is 0 Å². The fourth-order valence-electron chi connectivity index (χ4n) is 2.61. The molecule has 2 aromatic rings. The number of nitrogens with one attached hydrogen (secondary N) is 1. The maximum atomic E-state index is 5.94. The average Bonchev–Trinajstić information content (AvgIpc) is 2.41. The third-order valence-corrected chi connectivity index (χ3v) is 4.11. The summed E-state index contributed by atoms with van der Waals surface area (Å²) >= 11 is 3.43. The minimum atomic E-state index is 0.376. The molecule has 0 atom stereocenters. The number of nitrogens with two attached hydrogens (primary N) is 1. The lowest BCUT2D eigenvalue weighted by molar-refractivity contribution is 0.411. The van der Waals surface area contributed by atoms with E-state index in [0.717, 1.165) is 46.9 Å². The summed E-state index contributed by atoms with van der Waals surface area (Å²) in [5, 5.41) is 3.59. The maximum Gasteiger partial charge on any atom is 0.112 e. The molecule has 0 unspecified atom stereocenters. The van der Waals surface area contributed by atoms with Crippen molar-refractivity contribution >= 4 is 32.7 Å². The molecule has 1 aliphatic rings. The van der Waals surface area contributed by atoms with Crippen molar-refractivity contribution in [1.82, 2.24) is 9.97 Å². The third kappa shape index (κ3) is 2.87. The van der Waals surface area contributed by atoms with Gasteiger partial charge in [-0.05, 0) is 53.7 Å². The molecule has 0 saturated heterocycles. The number of hydrogen-bond acceptors (Lipinski definition) is 4. The van der Waals surface area contributed by atoms with Gasteiger partial charge in [0, 0.05) is 29.0 Å². The summed E-state index contributed by atoms with van der Waals surface area (Å²) in [5.74, 6) is 0. The third-order valence-electron chi connectivity index (χ3n) is 3.68. The zero-order chi connectivity index (χ0) is 13.2. The Hall–Kier alpha value is -1.20. The van der Waals surface area contributed by atoms with Gasteiger partial charge in [0.15, 0.2) is 0 Å². The van der Waals surface area contributed by atoms with Crippen molar-refractivity contribution < 1.29 is 0 Å². The second-order valence-electron chi connectivity index (χ2n) is 5.14. The van der Waals surface area contributed by atoms with Crippen LogP contribution in [0.3, 0.4) is 0 Å². The van der Waals surface area contributed by atoms with Gasteiger partial charge in [-0.3, -0.25) is 9.97 Å². The molecule has 3 N–H and O–H groups in total. The molecule has 0 aliphatic heterocycles. The van der Waals surface area contributed by atoms with Crippen molar-refractivity contribution in [1.29, 1.82) is 0 Å². The van der Waals surface area contributed by atoms with Crippen LogP contribution in [0.15, 0.2) is 29.0 Å². The molecule has 2 aromatic heterocycles. The smallest absolute Gasteiger partial charge is 0.112 e. The van der Waals surface area contributed by atoms with Crippen LogP contribution in [0.4, 0.5) is 5.69 Å². The van der Waals surface area contributed by atoms with Crippen molar-refractivity contribution in [3.8, 4) is 0 Å². The van der Waals surface area contributed by atoms with E-state index in [4.69, 9.17) is 5.73 Å². The van der Waals surface area contributed by atoms with E-state index in [0.29, 0.717) is 12.1 Å². The predicted octanol–water partition coefficient (Wildman–Crippen LogP) is 3.07. The van der Waals surface area contributed by atoms with Crippen molar-refractivity contribution in [2.45, 2.75) is 37.8 Å². The van der Waals surface area contributed by atoms with Crippen LogP contribution >= 0.6 is 15.9 Å². The van der Waals surface area contributed by atoms with E-state index in [-0.39, 0.29) is 0 Å². The molecule has 0 spiro atoms. The first-order valence-electron chi connectivity index (χ1n) is 6.65. The number of anilines is 1. The van der Waals surface area contributed by atoms with Gasteiger partial charge in [0.1, 0.15) is 5.52 Å². The van der Waals surface area contributed by atoms with Gasteiger partial charge >= 0.3 is 0 Å². The van der Waals surface area contributed by atoms with E-state index in [1.54, 1.807) is 0 Å². The van der Waals surface area contributed by atoms with Crippen molar-refractivity contribution in [2.24, 2.45) is 5.73 Å². The molecule has 0 amide bonds. The molecule has 1 saturated carbocycles. The molecule has 19 heavy (non-hydrogen) atoms. The highest BCUT2D eigenvalue weighted by atomic mass is 79.9. The van der Waals surface area contributed by atoms with Crippen molar-refractivity contribution in [2.75, 3.05) is 5.32 Å². The molecule has 0 bridgehead atoms. The quantitative estimate of drug-likeness (QED) is 0.892. The van der Waals surface area contributed by atoms with Crippen LogP contribution < -0.4 is 11.1 Å². The molecule has 1 aliphatic carbocycles. The molecule has 2 heterocycles. The zero-order valence-corrected chi connectivity index (χ0v) is 12.2. The predicted molar refractivity (Wildman–Crippen MR) is 81.1 cm³/mol. The summed E-state index contributed by atoms with van der Waals surface area (Å²) in [6.07, 6.45) is 8.08. The number of pyridine rings is 2. The van der Waals surface area contributed by atoms with E-state index >= 15 is 0 Å². The fraction of sp³-hybridized carbons (Fsp3) is 0.429. The summed E-state index contributed by atoms with van der Waals surface area (Å²) < 4.78 is 0.952. The molecule has 3 rings (SSSR count). The van der Waals surface area contributed by atoms with Crippen LogP contribution in [0.25, 0.3) is 11.0 Å². The summed E-state index contributed by atoms with van der Waals surface area (Å²) in [4.78, 5) is 8.82. The van der Waals surface area contributed by atoms with Crippen molar-refractivity contribution in [3.05, 3.63) is 29.0 Å². The van der Waals surface area contributed by atoms with Gasteiger partial charge in [-0.15, -0.1) is 0 Å². The van der Waals surface area contributed by atoms with Crippen LogP contribution in [0.5, 0.6) is 0 Å². The van der Waals surface area contributed by atoms with Gasteiger partial charge in [-0.1, -0.05) is 0 Å². The standard InChI is InChI=1S/C14H17BrN4/c15-9-7-13-14(18-8-9)12(5-6-17-13)19-11-3-1-10(16)2-4-11/h5-8,10-11H,1-4,16H2,(H,17,19). The largest absolute Gasteiger partial charge is 0.380 e. The number of rotatable bonds is 2. The van der Waals surface area contributed by atoms with Gasteiger partial charge in [-0.25, -0.2) is 0 Å². The number of halogens is 1. The topological polar surface area (TPSA) is 63.8 Å². The second kappa shape index (κ2) is 5.43. The van der Waals surface area contributed by atoms with Crippen LogP contribution in [-0.4, -0.2) is 22.1 Å². The normalized spacial score (nSPS) is 23.5. The highest BCUT2D eigenvalue weighted by molar-refractivity contribution is 9.10. The van der Waals surface area contributed by atoms with E-state index < -0.39 is 0 Å². The Morgan fingerprint density at radius 3 is 2.79 bits per heavy atom. The molecule has 1 fully saturated rings. The van der Waals surface area contributed by atoms with E-state index in [1.807, 2.05) is 24.5 Å². The molecule has 100 valence electrons. The van der Waals surface area contributed by atoms with Gasteiger partial charge in [0.05, 0.1) is 11.2 Å². The molecule has 0 radical (unpaired) electrons. The zero-order valence-electron chi connectivity index (χ0n) is 10.6. The Morgan fingerprint density at radius 1 is 1.21 bits per heavy atom. The molecule has 0 aromatic carbocycles. The summed E-state index contributed by atoms with van der Waals surface area (Å²) in [7, 11) is 0. The number of fused-ring (bicyclic) bond motifs is 1. The van der Waals surface area contributed by atoms with Crippen LogP contribution in [0, 0.1) is 0 Å². The number of nitrogens with zero attached hydrogens (tertiary/aromatic N) is 2. The van der Waals surface area contributed by atoms with Gasteiger partial charge < -0.3 is 11.1 Å². The van der Waals surface area contributed by atoms with E-state index in [2.05, 4.69) is 31.2 Å². The Bertz CT molecular complexity index is 579. The first-order chi connectivity index (χ1) is 9.22. The first kappa shape index (κ1) is 12.8. The monoisotopic (exact) mass is 320 g/mol. The Labute approximate surface area is 120 Å². The Kier molecular flexibility index (Phi) is 3.66. The Balaban J connectivity index is 1.84. The van der Waals surface area contributed by atoms with Crippen LogP contribution in [0.2, 0.25) is 0 Å². The lowest BCUT2D eigenvalue weighted by atomic mass is 9.91. The fourth-order valence-corrected chi connectivity index (χ4v) is 2.92. The van der Waals surface area contributed by atoms with Gasteiger partial charge in [-0.2, -0.15) is 0 Å². The minimum absolute atomic E-state index is 0.376. The SMILES string of the molecule is NC1CCC(Nc2ccnc3cc(Br)cnc23)CC1. The molecular weight excluding hydrogens is 304 g/mol. The van der Waals surface area contributed by atoms with Crippen LogP contribution in [-0.2, 0) is 0 Å². The van der Waals surface area contributed by atoms with Crippen molar-refractivity contribution in [3.63, 3.8) is 0 Å². The summed E-state index contributed by atoms with van der Waals surface area (Å²) in [5.41, 5.74) is 8.85. The maximum absolute atomic E-state index is 5.94.